The Balaban J connectivity index is 0.000000161. The molecule has 0 fully saturated rings. The van der Waals surface area contributed by atoms with E-state index in [1.807, 2.05) is 84.9 Å². The maximum atomic E-state index is 14.3. The number of anilines is 1. The van der Waals surface area contributed by atoms with Crippen LogP contribution in [0.4, 0.5) is 14.6 Å². The van der Waals surface area contributed by atoms with E-state index in [2.05, 4.69) is 35.2 Å². The molecule has 0 aliphatic rings. The molecular formula is C37H28F2N8. The lowest BCUT2D eigenvalue weighted by Crippen LogP contribution is -2.05. The van der Waals surface area contributed by atoms with Crippen molar-refractivity contribution in [2.75, 3.05) is 5.32 Å². The van der Waals surface area contributed by atoms with Gasteiger partial charge in [-0.15, -0.1) is 0 Å². The molecule has 10 heteroatoms. The number of hydrogen-bond donors (Lipinski definition) is 3. The Labute approximate surface area is 268 Å². The quantitative estimate of drug-likeness (QED) is 0.173. The average Bonchev–Trinajstić information content (AvgIpc) is 3.61. The third-order valence-electron chi connectivity index (χ3n) is 7.73. The summed E-state index contributed by atoms with van der Waals surface area (Å²) in [6, 6.07) is 33.3. The number of fused-ring (bicyclic) bond motifs is 3. The number of nitrogens with one attached hydrogen (secondary N) is 2. The zero-order valence-electron chi connectivity index (χ0n) is 25.0. The first-order chi connectivity index (χ1) is 23.1. The van der Waals surface area contributed by atoms with E-state index < -0.39 is 0 Å². The summed E-state index contributed by atoms with van der Waals surface area (Å²) < 4.78 is 28.1. The molecular weight excluding hydrogens is 594 g/mol. The van der Waals surface area contributed by atoms with Gasteiger partial charge < -0.3 is 16.0 Å². The van der Waals surface area contributed by atoms with Gasteiger partial charge in [0.1, 0.15) is 34.5 Å². The fourth-order valence-electron chi connectivity index (χ4n) is 5.47. The van der Waals surface area contributed by atoms with Crippen LogP contribution < -0.4 is 11.1 Å². The summed E-state index contributed by atoms with van der Waals surface area (Å²) in [6.07, 6.45) is 3.05. The van der Waals surface area contributed by atoms with E-state index in [9.17, 15) is 8.78 Å². The van der Waals surface area contributed by atoms with Crippen molar-refractivity contribution >= 4 is 38.8 Å². The standard InChI is InChI=1S/C21H15FN6.C16H13FN2/c22-16-8-4-7-14-9-15(17(28-18(14)16)13-5-2-1-3-6-13)10-23-20-19-21(25-11-24-19)27-12-26-20;17-14-8-4-7-12-9-13(10-18)15(19-16(12)14)11-5-2-1-3-6-11/h1-9,11-12H,10H2,(H2,23,24,25,26,27);1-9H,10,18H2. The van der Waals surface area contributed by atoms with E-state index in [1.165, 1.54) is 18.5 Å². The molecule has 0 aliphatic carbocycles. The maximum absolute atomic E-state index is 14.3. The molecule has 0 bridgehead atoms. The van der Waals surface area contributed by atoms with Gasteiger partial charge in [-0.05, 0) is 35.4 Å². The largest absolute Gasteiger partial charge is 0.364 e. The van der Waals surface area contributed by atoms with Crippen molar-refractivity contribution in [3.05, 3.63) is 145 Å². The molecule has 4 aromatic heterocycles. The smallest absolute Gasteiger partial charge is 0.182 e. The highest BCUT2D eigenvalue weighted by molar-refractivity contribution is 5.86. The molecule has 0 aliphatic heterocycles. The van der Waals surface area contributed by atoms with Gasteiger partial charge in [0.25, 0.3) is 0 Å². The van der Waals surface area contributed by atoms with Crippen molar-refractivity contribution in [3.63, 3.8) is 0 Å². The Kier molecular flexibility index (Phi) is 8.23. The number of imidazole rings is 1. The molecule has 0 saturated heterocycles. The third kappa shape index (κ3) is 6.09. The number of aromatic amines is 1. The monoisotopic (exact) mass is 622 g/mol. The second kappa shape index (κ2) is 13.1. The summed E-state index contributed by atoms with van der Waals surface area (Å²) in [5.74, 6) is 0.0169. The van der Waals surface area contributed by atoms with Crippen LogP contribution in [0.1, 0.15) is 11.1 Å². The van der Waals surface area contributed by atoms with Gasteiger partial charge in [0.2, 0.25) is 0 Å². The highest BCUT2D eigenvalue weighted by Gasteiger charge is 2.14. The number of rotatable bonds is 6. The molecule has 0 amide bonds. The molecule has 8 nitrogen and oxygen atoms in total. The summed E-state index contributed by atoms with van der Waals surface area (Å²) >= 11 is 0. The van der Waals surface area contributed by atoms with Gasteiger partial charge in [-0.1, -0.05) is 84.9 Å². The second-order valence-electron chi connectivity index (χ2n) is 10.7. The van der Waals surface area contributed by atoms with Crippen LogP contribution in [0.2, 0.25) is 0 Å². The molecule has 0 atom stereocenters. The molecule has 0 unspecified atom stereocenters. The van der Waals surface area contributed by atoms with E-state index in [4.69, 9.17) is 5.73 Å². The lowest BCUT2D eigenvalue weighted by atomic mass is 10.0. The van der Waals surface area contributed by atoms with Crippen molar-refractivity contribution in [1.82, 2.24) is 29.9 Å². The topological polar surface area (TPSA) is 118 Å². The number of pyridine rings is 2. The predicted octanol–water partition coefficient (Wildman–Crippen LogP) is 7.82. The van der Waals surface area contributed by atoms with Crippen LogP contribution in [0.25, 0.3) is 55.5 Å². The summed E-state index contributed by atoms with van der Waals surface area (Å²) in [5.41, 5.74) is 13.1. The first-order valence-electron chi connectivity index (χ1n) is 14.9. The number of hydrogen-bond acceptors (Lipinski definition) is 7. The molecule has 4 aromatic carbocycles. The Morgan fingerprint density at radius 3 is 1.81 bits per heavy atom. The molecule has 8 aromatic rings. The minimum Gasteiger partial charge on any atom is -0.364 e. The van der Waals surface area contributed by atoms with Crippen molar-refractivity contribution in [1.29, 1.82) is 0 Å². The van der Waals surface area contributed by atoms with Crippen molar-refractivity contribution in [2.24, 2.45) is 5.73 Å². The Bertz CT molecular complexity index is 2330. The van der Waals surface area contributed by atoms with E-state index in [-0.39, 0.29) is 11.6 Å². The first kappa shape index (κ1) is 29.6. The molecule has 4 N–H and O–H groups in total. The lowest BCUT2D eigenvalue weighted by molar-refractivity contribution is 0.636. The van der Waals surface area contributed by atoms with Crippen molar-refractivity contribution in [2.45, 2.75) is 13.1 Å². The molecule has 47 heavy (non-hydrogen) atoms. The third-order valence-corrected chi connectivity index (χ3v) is 7.73. The fraction of sp³-hybridized carbons (Fsp3) is 0.0541. The second-order valence-corrected chi connectivity index (χ2v) is 10.7. The van der Waals surface area contributed by atoms with Crippen LogP contribution in [0.5, 0.6) is 0 Å². The maximum Gasteiger partial charge on any atom is 0.182 e. The lowest BCUT2D eigenvalue weighted by Gasteiger charge is -2.13. The van der Waals surface area contributed by atoms with Crippen LogP contribution in [0.3, 0.4) is 0 Å². The molecule has 0 radical (unpaired) electrons. The number of para-hydroxylation sites is 2. The van der Waals surface area contributed by atoms with Gasteiger partial charge in [0.05, 0.1) is 17.7 Å². The molecule has 4 heterocycles. The van der Waals surface area contributed by atoms with Crippen LogP contribution in [0, 0.1) is 11.6 Å². The highest BCUT2D eigenvalue weighted by atomic mass is 19.1. The summed E-state index contributed by atoms with van der Waals surface area (Å²) in [7, 11) is 0. The van der Waals surface area contributed by atoms with Crippen molar-refractivity contribution in [3.8, 4) is 22.5 Å². The number of nitrogens with two attached hydrogens (primary N) is 1. The zero-order chi connectivity index (χ0) is 32.2. The van der Waals surface area contributed by atoms with E-state index >= 15 is 0 Å². The Morgan fingerprint density at radius 2 is 1.21 bits per heavy atom. The average molecular weight is 623 g/mol. The van der Waals surface area contributed by atoms with Gasteiger partial charge in [-0.25, -0.2) is 33.7 Å². The van der Waals surface area contributed by atoms with E-state index in [1.54, 1.807) is 18.5 Å². The van der Waals surface area contributed by atoms with E-state index in [0.717, 1.165) is 49.9 Å². The minimum atomic E-state index is -0.329. The Hall–Kier alpha value is -6.13. The van der Waals surface area contributed by atoms with Crippen LogP contribution in [-0.4, -0.2) is 29.9 Å². The molecule has 0 spiro atoms. The van der Waals surface area contributed by atoms with E-state index in [0.29, 0.717) is 35.6 Å². The minimum absolute atomic E-state index is 0.307. The van der Waals surface area contributed by atoms with Gasteiger partial charge in [-0.2, -0.15) is 0 Å². The molecule has 0 saturated carbocycles. The fourth-order valence-corrected chi connectivity index (χ4v) is 5.47. The summed E-state index contributed by atoms with van der Waals surface area (Å²) in [6.45, 7) is 0.846. The number of aromatic nitrogens is 6. The predicted molar refractivity (Wildman–Crippen MR) is 181 cm³/mol. The first-order valence-corrected chi connectivity index (χ1v) is 14.9. The molecule has 8 rings (SSSR count). The number of halogens is 2. The highest BCUT2D eigenvalue weighted by Crippen LogP contribution is 2.29. The van der Waals surface area contributed by atoms with Gasteiger partial charge >= 0.3 is 0 Å². The SMILES string of the molecule is Fc1cccc2cc(CNc3ncnc4nc[nH]c34)c(-c3ccccc3)nc12.NCc1cc2cccc(F)c2nc1-c1ccccc1. The van der Waals surface area contributed by atoms with Crippen LogP contribution >= 0.6 is 0 Å². The van der Waals surface area contributed by atoms with Gasteiger partial charge in [0.15, 0.2) is 11.5 Å². The number of H-pyrrole nitrogens is 1. The van der Waals surface area contributed by atoms with Gasteiger partial charge in [0, 0.05) is 35.0 Å². The number of benzene rings is 4. The summed E-state index contributed by atoms with van der Waals surface area (Å²) in [4.78, 5) is 24.7. The normalized spacial score (nSPS) is 11.0. The van der Waals surface area contributed by atoms with Crippen LogP contribution in [0.15, 0.2) is 122 Å². The van der Waals surface area contributed by atoms with Crippen LogP contribution in [-0.2, 0) is 13.1 Å². The Morgan fingerprint density at radius 1 is 0.638 bits per heavy atom. The molecule has 230 valence electrons. The number of nitrogens with zero attached hydrogens (tertiary/aromatic N) is 5. The van der Waals surface area contributed by atoms with Crippen molar-refractivity contribution < 1.29 is 8.78 Å². The summed E-state index contributed by atoms with van der Waals surface area (Å²) in [5, 5.41) is 4.86. The zero-order valence-corrected chi connectivity index (χ0v) is 25.0. The van der Waals surface area contributed by atoms with Gasteiger partial charge in [-0.3, -0.25) is 0 Å².